The summed E-state index contributed by atoms with van der Waals surface area (Å²) in [6, 6.07) is 15.5. The number of imidazole rings is 1. The summed E-state index contributed by atoms with van der Waals surface area (Å²) in [5, 5.41) is 19.1. The molecule has 1 aliphatic rings. The van der Waals surface area contributed by atoms with Crippen molar-refractivity contribution in [2.45, 2.75) is 71.4 Å². The van der Waals surface area contributed by atoms with Crippen molar-refractivity contribution in [2.75, 3.05) is 6.61 Å². The number of aryl methyl sites for hydroxylation is 1. The van der Waals surface area contributed by atoms with Crippen molar-refractivity contribution >= 4 is 5.78 Å². The van der Waals surface area contributed by atoms with Gasteiger partial charge in [0.05, 0.1) is 17.4 Å². The molecule has 4 rings (SSSR count). The second-order valence-corrected chi connectivity index (χ2v) is 10.1. The molecule has 1 aliphatic heterocycles. The van der Waals surface area contributed by atoms with E-state index in [4.69, 9.17) is 9.72 Å². The average Bonchev–Trinajstić information content (AvgIpc) is 3.30. The molecule has 1 N–H and O–H groups in total. The van der Waals surface area contributed by atoms with E-state index in [1.54, 1.807) is 18.2 Å². The molecule has 0 aliphatic carbocycles. The number of aliphatic hydroxyl groups excluding tert-OH is 1. The molecule has 0 amide bonds. The zero-order valence-electron chi connectivity index (χ0n) is 21.4. The Balaban J connectivity index is 1.44. The van der Waals surface area contributed by atoms with E-state index < -0.39 is 0 Å². The number of nitrogens with zero attached hydrogens (tertiary/aromatic N) is 3. The van der Waals surface area contributed by atoms with E-state index in [1.807, 2.05) is 13.8 Å². The molecule has 6 nitrogen and oxygen atoms in total. The van der Waals surface area contributed by atoms with Gasteiger partial charge in [0.2, 0.25) is 0 Å². The van der Waals surface area contributed by atoms with E-state index in [1.165, 1.54) is 18.7 Å². The molecule has 188 valence electrons. The molecule has 6 heteroatoms. The van der Waals surface area contributed by atoms with Crippen molar-refractivity contribution in [3.8, 4) is 23.1 Å². The number of fused-ring (bicyclic) bond motifs is 1. The summed E-state index contributed by atoms with van der Waals surface area (Å²) >= 11 is 0. The van der Waals surface area contributed by atoms with E-state index in [0.29, 0.717) is 42.1 Å². The lowest BCUT2D eigenvalue weighted by Gasteiger charge is -2.19. The molecule has 0 bridgehead atoms. The Kier molecular flexibility index (Phi) is 8.22. The number of Topliss-reactive ketones (excluding diaryl/α,β-unsaturated/α-hetero) is 1. The lowest BCUT2D eigenvalue weighted by Crippen LogP contribution is -2.14. The van der Waals surface area contributed by atoms with Gasteiger partial charge >= 0.3 is 0 Å². The van der Waals surface area contributed by atoms with Gasteiger partial charge < -0.3 is 14.4 Å². The maximum absolute atomic E-state index is 13.0. The van der Waals surface area contributed by atoms with Crippen LogP contribution in [0.4, 0.5) is 0 Å². The van der Waals surface area contributed by atoms with Gasteiger partial charge in [-0.25, -0.2) is 4.98 Å². The van der Waals surface area contributed by atoms with Crippen LogP contribution in [-0.2, 0) is 13.0 Å². The van der Waals surface area contributed by atoms with Gasteiger partial charge in [0, 0.05) is 42.8 Å². The Hall–Kier alpha value is -3.43. The van der Waals surface area contributed by atoms with Crippen LogP contribution in [0.1, 0.15) is 79.7 Å². The molecule has 1 aromatic heterocycles. The summed E-state index contributed by atoms with van der Waals surface area (Å²) in [6.45, 7) is 7.09. The topological polar surface area (TPSA) is 88.1 Å². The molecule has 2 aromatic carbocycles. The second-order valence-electron chi connectivity index (χ2n) is 10.1. The monoisotopic (exact) mass is 485 g/mol. The van der Waals surface area contributed by atoms with Gasteiger partial charge in [0.1, 0.15) is 17.6 Å². The highest BCUT2D eigenvalue weighted by atomic mass is 16.5. The minimum atomic E-state index is -0.0541. The summed E-state index contributed by atoms with van der Waals surface area (Å²) in [6.07, 6.45) is 6.03. The zero-order chi connectivity index (χ0) is 25.7. The number of nitriles is 1. The van der Waals surface area contributed by atoms with E-state index >= 15 is 0 Å². The van der Waals surface area contributed by atoms with Gasteiger partial charge in [-0.2, -0.15) is 5.26 Å². The molecule has 0 saturated carbocycles. The number of ketones is 1. The van der Waals surface area contributed by atoms with Crippen LogP contribution in [0.15, 0.2) is 48.7 Å². The summed E-state index contributed by atoms with van der Waals surface area (Å²) in [5.41, 5.74) is 4.08. The Labute approximate surface area is 213 Å². The van der Waals surface area contributed by atoms with E-state index in [2.05, 4.69) is 48.0 Å². The van der Waals surface area contributed by atoms with E-state index in [9.17, 15) is 15.2 Å². The minimum absolute atomic E-state index is 0.00578. The van der Waals surface area contributed by atoms with Crippen molar-refractivity contribution in [1.29, 1.82) is 5.26 Å². The third-order valence-corrected chi connectivity index (χ3v) is 6.85. The normalized spacial score (nSPS) is 15.8. The number of carbonyl (C=O) groups is 1. The fraction of sp³-hybridized carbons (Fsp3) is 0.433. The number of ether oxygens (including phenoxy) is 1. The fourth-order valence-electron chi connectivity index (χ4n) is 4.97. The molecule has 0 fully saturated rings. The van der Waals surface area contributed by atoms with Crippen LogP contribution < -0.4 is 4.74 Å². The molecule has 0 spiro atoms. The predicted molar refractivity (Wildman–Crippen MR) is 140 cm³/mol. The highest BCUT2D eigenvalue weighted by Gasteiger charge is 2.20. The van der Waals surface area contributed by atoms with Crippen molar-refractivity contribution in [2.24, 2.45) is 5.92 Å². The molecule has 0 radical (unpaired) electrons. The summed E-state index contributed by atoms with van der Waals surface area (Å²) in [7, 11) is 0. The van der Waals surface area contributed by atoms with E-state index in [0.717, 1.165) is 23.4 Å². The molecular formula is C30H35N3O3. The number of benzene rings is 2. The van der Waals surface area contributed by atoms with Gasteiger partial charge in [-0.1, -0.05) is 31.2 Å². The SMILES string of the molecule is CC(C)Oc1ccc(C(=O)C[C@H](CCO)Cc2ccc(-c3cn4c(n3)C(C)CCC4)cc2)cc1C#N. The highest BCUT2D eigenvalue weighted by Crippen LogP contribution is 2.30. The minimum Gasteiger partial charge on any atom is -0.490 e. The number of rotatable bonds is 10. The van der Waals surface area contributed by atoms with Crippen molar-refractivity contribution < 1.29 is 14.6 Å². The average molecular weight is 486 g/mol. The first kappa shape index (κ1) is 25.7. The number of aliphatic hydroxyl groups is 1. The summed E-state index contributed by atoms with van der Waals surface area (Å²) in [4.78, 5) is 17.9. The van der Waals surface area contributed by atoms with Gasteiger partial charge in [-0.05, 0) is 69.2 Å². The van der Waals surface area contributed by atoms with Crippen LogP contribution in [-0.4, -0.2) is 33.2 Å². The largest absolute Gasteiger partial charge is 0.490 e. The Bertz CT molecular complexity index is 1240. The molecular weight excluding hydrogens is 450 g/mol. The number of carbonyl (C=O) groups excluding carboxylic acids is 1. The quantitative estimate of drug-likeness (QED) is 0.360. The Morgan fingerprint density at radius 1 is 1.25 bits per heavy atom. The van der Waals surface area contributed by atoms with Gasteiger partial charge in [0.25, 0.3) is 0 Å². The van der Waals surface area contributed by atoms with Crippen LogP contribution >= 0.6 is 0 Å². The number of hydrogen-bond acceptors (Lipinski definition) is 5. The van der Waals surface area contributed by atoms with E-state index in [-0.39, 0.29) is 24.4 Å². The molecule has 36 heavy (non-hydrogen) atoms. The maximum atomic E-state index is 13.0. The maximum Gasteiger partial charge on any atom is 0.163 e. The zero-order valence-corrected chi connectivity index (χ0v) is 21.4. The lowest BCUT2D eigenvalue weighted by molar-refractivity contribution is 0.0953. The van der Waals surface area contributed by atoms with Gasteiger partial charge in [0.15, 0.2) is 5.78 Å². The number of hydrogen-bond donors (Lipinski definition) is 1. The van der Waals surface area contributed by atoms with Crippen LogP contribution in [0.2, 0.25) is 0 Å². The third kappa shape index (κ3) is 6.03. The van der Waals surface area contributed by atoms with Crippen molar-refractivity contribution in [1.82, 2.24) is 9.55 Å². The number of aromatic nitrogens is 2. The van der Waals surface area contributed by atoms with Crippen molar-refractivity contribution in [3.63, 3.8) is 0 Å². The summed E-state index contributed by atoms with van der Waals surface area (Å²) in [5.74, 6) is 2.13. The van der Waals surface area contributed by atoms with Crippen LogP contribution in [0.5, 0.6) is 5.75 Å². The second kappa shape index (κ2) is 11.5. The van der Waals surface area contributed by atoms with Crippen molar-refractivity contribution in [3.05, 3.63) is 71.2 Å². The van der Waals surface area contributed by atoms with Crippen LogP contribution in [0.3, 0.4) is 0 Å². The standard InChI is InChI=1S/C30H35N3O3/c1-20(2)36-29-11-10-25(17-26(29)18-31)28(35)16-23(12-14-34)15-22-6-8-24(9-7-22)27-19-33-13-4-5-21(3)30(33)32-27/h6-11,17,19-21,23,34H,4-5,12-16H2,1-3H3/t21?,23-/m1/s1. The Morgan fingerprint density at radius 3 is 2.69 bits per heavy atom. The fourth-order valence-corrected chi connectivity index (χ4v) is 4.97. The smallest absolute Gasteiger partial charge is 0.163 e. The highest BCUT2D eigenvalue weighted by molar-refractivity contribution is 5.96. The van der Waals surface area contributed by atoms with Gasteiger partial charge in [-0.15, -0.1) is 0 Å². The molecule has 1 unspecified atom stereocenters. The first-order valence-electron chi connectivity index (χ1n) is 12.9. The Morgan fingerprint density at radius 2 is 2.03 bits per heavy atom. The molecule has 2 atom stereocenters. The molecule has 2 heterocycles. The first-order chi connectivity index (χ1) is 17.4. The third-order valence-electron chi connectivity index (χ3n) is 6.85. The molecule has 3 aromatic rings. The first-order valence-corrected chi connectivity index (χ1v) is 12.9. The van der Waals surface area contributed by atoms with Gasteiger partial charge in [-0.3, -0.25) is 4.79 Å². The van der Waals surface area contributed by atoms with Crippen LogP contribution in [0, 0.1) is 17.2 Å². The summed E-state index contributed by atoms with van der Waals surface area (Å²) < 4.78 is 7.94. The lowest BCUT2D eigenvalue weighted by atomic mass is 9.89. The predicted octanol–water partition coefficient (Wildman–Crippen LogP) is 5.92. The molecule has 0 saturated heterocycles. The van der Waals surface area contributed by atoms with Crippen LogP contribution in [0.25, 0.3) is 11.3 Å².